The van der Waals surface area contributed by atoms with Gasteiger partial charge < -0.3 is 5.11 Å². The topological polar surface area (TPSA) is 61.1 Å². The average molecular weight is 187 g/mol. The third-order valence-corrected chi connectivity index (χ3v) is 1.77. The maximum atomic E-state index is 10.8. The lowest BCUT2D eigenvalue weighted by Gasteiger charge is -2.01. The van der Waals surface area contributed by atoms with Crippen molar-refractivity contribution in [3.05, 3.63) is 41.0 Å². The molecule has 0 heterocycles. The molecule has 0 aliphatic heterocycles. The van der Waals surface area contributed by atoms with E-state index in [0.717, 1.165) is 5.56 Å². The summed E-state index contributed by atoms with van der Waals surface area (Å²) in [5, 5.41) is 17.2. The summed E-state index contributed by atoms with van der Waals surface area (Å²) in [4.78, 5) is 10.8. The first-order valence-electron chi connectivity index (χ1n) is 4.05. The lowest BCUT2D eigenvalue weighted by molar-refractivity contribution is 0.0696. The van der Waals surface area contributed by atoms with Crippen molar-refractivity contribution in [3.63, 3.8) is 0 Å². The standard InChI is InChI=1S/C11H9NO2/c1-8-4-5-10(11(13)14)9(7-8)3-2-6-12/h2-5,7H,1H3,(H,13,14). The molecule has 14 heavy (non-hydrogen) atoms. The largest absolute Gasteiger partial charge is 0.478 e. The van der Waals surface area contributed by atoms with Crippen LogP contribution in [0.15, 0.2) is 24.3 Å². The summed E-state index contributed by atoms with van der Waals surface area (Å²) in [6.45, 7) is 1.87. The van der Waals surface area contributed by atoms with Gasteiger partial charge in [-0.25, -0.2) is 4.79 Å². The van der Waals surface area contributed by atoms with Gasteiger partial charge in [0, 0.05) is 6.08 Å². The number of carboxylic acids is 1. The van der Waals surface area contributed by atoms with Crippen molar-refractivity contribution in [2.75, 3.05) is 0 Å². The highest BCUT2D eigenvalue weighted by Gasteiger charge is 2.06. The zero-order valence-electron chi connectivity index (χ0n) is 7.69. The predicted molar refractivity (Wildman–Crippen MR) is 52.8 cm³/mol. The second-order valence-electron chi connectivity index (χ2n) is 2.86. The monoisotopic (exact) mass is 187 g/mol. The first-order chi connectivity index (χ1) is 6.65. The maximum absolute atomic E-state index is 10.8. The van der Waals surface area contributed by atoms with Crippen LogP contribution < -0.4 is 0 Å². The molecule has 1 rings (SSSR count). The second kappa shape index (κ2) is 4.24. The lowest BCUT2D eigenvalue weighted by atomic mass is 10.0. The van der Waals surface area contributed by atoms with Gasteiger partial charge in [0.05, 0.1) is 11.6 Å². The van der Waals surface area contributed by atoms with Crippen LogP contribution in [0.5, 0.6) is 0 Å². The van der Waals surface area contributed by atoms with Crippen LogP contribution in [0.4, 0.5) is 0 Å². The Kier molecular flexibility index (Phi) is 3.03. The van der Waals surface area contributed by atoms with Crippen molar-refractivity contribution in [3.8, 4) is 6.07 Å². The van der Waals surface area contributed by atoms with Gasteiger partial charge in [0.1, 0.15) is 0 Å². The van der Waals surface area contributed by atoms with Gasteiger partial charge in [-0.2, -0.15) is 5.26 Å². The Bertz CT molecular complexity index is 427. The molecule has 0 unspecified atom stereocenters. The molecule has 0 fully saturated rings. The van der Waals surface area contributed by atoms with Crippen LogP contribution in [0.1, 0.15) is 21.5 Å². The number of hydrogen-bond acceptors (Lipinski definition) is 2. The summed E-state index contributed by atoms with van der Waals surface area (Å²) in [7, 11) is 0. The average Bonchev–Trinajstić information content (AvgIpc) is 2.14. The third-order valence-electron chi connectivity index (χ3n) is 1.77. The summed E-state index contributed by atoms with van der Waals surface area (Å²) in [6.07, 6.45) is 2.76. The number of nitriles is 1. The van der Waals surface area contributed by atoms with Crippen molar-refractivity contribution in [2.24, 2.45) is 0 Å². The van der Waals surface area contributed by atoms with Crippen LogP contribution in [0, 0.1) is 18.3 Å². The highest BCUT2D eigenvalue weighted by atomic mass is 16.4. The summed E-state index contributed by atoms with van der Waals surface area (Å²) in [5.41, 5.74) is 1.73. The molecule has 0 saturated carbocycles. The van der Waals surface area contributed by atoms with Crippen LogP contribution in [-0.2, 0) is 0 Å². The van der Waals surface area contributed by atoms with Gasteiger partial charge in [0.2, 0.25) is 0 Å². The van der Waals surface area contributed by atoms with Gasteiger partial charge in [-0.15, -0.1) is 0 Å². The fraction of sp³-hybridized carbons (Fsp3) is 0.0909. The Hall–Kier alpha value is -2.08. The minimum Gasteiger partial charge on any atom is -0.478 e. The Morgan fingerprint density at radius 3 is 2.86 bits per heavy atom. The van der Waals surface area contributed by atoms with Crippen LogP contribution in [-0.4, -0.2) is 11.1 Å². The van der Waals surface area contributed by atoms with E-state index in [1.165, 1.54) is 18.2 Å². The Labute approximate surface area is 81.9 Å². The molecule has 1 aromatic rings. The fourth-order valence-electron chi connectivity index (χ4n) is 1.14. The van der Waals surface area contributed by atoms with Crippen molar-refractivity contribution >= 4 is 12.0 Å². The van der Waals surface area contributed by atoms with Crippen molar-refractivity contribution in [1.29, 1.82) is 5.26 Å². The summed E-state index contributed by atoms with van der Waals surface area (Å²) in [6, 6.07) is 6.83. The second-order valence-corrected chi connectivity index (χ2v) is 2.86. The van der Waals surface area contributed by atoms with Gasteiger partial charge >= 0.3 is 5.97 Å². The molecule has 3 heteroatoms. The van der Waals surface area contributed by atoms with Crippen LogP contribution in [0.3, 0.4) is 0 Å². The molecular formula is C11H9NO2. The van der Waals surface area contributed by atoms with E-state index >= 15 is 0 Å². The van der Waals surface area contributed by atoms with Gasteiger partial charge in [0.15, 0.2) is 0 Å². The minimum atomic E-state index is -0.984. The molecule has 0 amide bonds. The molecule has 0 bridgehead atoms. The lowest BCUT2D eigenvalue weighted by Crippen LogP contribution is -1.99. The van der Waals surface area contributed by atoms with Crippen molar-refractivity contribution < 1.29 is 9.90 Å². The van der Waals surface area contributed by atoms with E-state index in [-0.39, 0.29) is 5.56 Å². The summed E-state index contributed by atoms with van der Waals surface area (Å²) in [5.74, 6) is -0.984. The van der Waals surface area contributed by atoms with E-state index in [2.05, 4.69) is 0 Å². The molecule has 0 aliphatic carbocycles. The molecule has 0 atom stereocenters. The number of rotatable bonds is 2. The Balaban J connectivity index is 3.24. The Morgan fingerprint density at radius 2 is 2.29 bits per heavy atom. The highest BCUT2D eigenvalue weighted by Crippen LogP contribution is 2.13. The first-order valence-corrected chi connectivity index (χ1v) is 4.05. The molecule has 0 saturated heterocycles. The summed E-state index contributed by atoms with van der Waals surface area (Å²) >= 11 is 0. The predicted octanol–water partition coefficient (Wildman–Crippen LogP) is 2.23. The SMILES string of the molecule is Cc1ccc(C(=O)O)c(C=CC#N)c1. The molecule has 0 radical (unpaired) electrons. The minimum absolute atomic E-state index is 0.210. The number of allylic oxidation sites excluding steroid dienone is 1. The number of nitrogens with zero attached hydrogens (tertiary/aromatic N) is 1. The van der Waals surface area contributed by atoms with Crippen LogP contribution in [0.2, 0.25) is 0 Å². The smallest absolute Gasteiger partial charge is 0.336 e. The van der Waals surface area contributed by atoms with E-state index in [1.54, 1.807) is 12.1 Å². The zero-order chi connectivity index (χ0) is 10.6. The Morgan fingerprint density at radius 1 is 1.57 bits per heavy atom. The molecule has 1 N–H and O–H groups in total. The van der Waals surface area contributed by atoms with Crippen molar-refractivity contribution in [2.45, 2.75) is 6.92 Å². The number of carbonyl (C=O) groups is 1. The molecule has 0 aliphatic rings. The van der Waals surface area contributed by atoms with Gasteiger partial charge in [-0.05, 0) is 24.6 Å². The summed E-state index contributed by atoms with van der Waals surface area (Å²) < 4.78 is 0. The van der Waals surface area contributed by atoms with Gasteiger partial charge in [0.25, 0.3) is 0 Å². The fourth-order valence-corrected chi connectivity index (χ4v) is 1.14. The quantitative estimate of drug-likeness (QED) is 0.722. The number of carboxylic acid groups (broad SMARTS) is 1. The van der Waals surface area contributed by atoms with Crippen LogP contribution in [0.25, 0.3) is 6.08 Å². The van der Waals surface area contributed by atoms with Crippen LogP contribution >= 0.6 is 0 Å². The molecule has 3 nitrogen and oxygen atoms in total. The first kappa shape index (κ1) is 10.0. The van der Waals surface area contributed by atoms with E-state index in [9.17, 15) is 4.79 Å². The third kappa shape index (κ3) is 2.20. The van der Waals surface area contributed by atoms with E-state index in [0.29, 0.717) is 5.56 Å². The number of hydrogen-bond donors (Lipinski definition) is 1. The highest BCUT2D eigenvalue weighted by molar-refractivity contribution is 5.92. The molecule has 70 valence electrons. The van der Waals surface area contributed by atoms with Gasteiger partial charge in [-0.3, -0.25) is 0 Å². The van der Waals surface area contributed by atoms with E-state index in [1.807, 2.05) is 13.0 Å². The normalized spacial score (nSPS) is 10.0. The molecule has 0 aromatic heterocycles. The van der Waals surface area contributed by atoms with E-state index in [4.69, 9.17) is 10.4 Å². The number of aromatic carboxylic acids is 1. The van der Waals surface area contributed by atoms with Crippen molar-refractivity contribution in [1.82, 2.24) is 0 Å². The molecular weight excluding hydrogens is 178 g/mol. The number of benzene rings is 1. The maximum Gasteiger partial charge on any atom is 0.336 e. The van der Waals surface area contributed by atoms with Gasteiger partial charge in [-0.1, -0.05) is 17.7 Å². The number of aryl methyl sites for hydroxylation is 1. The molecule has 0 spiro atoms. The van der Waals surface area contributed by atoms with E-state index < -0.39 is 5.97 Å². The zero-order valence-corrected chi connectivity index (χ0v) is 7.69. The molecule has 1 aromatic carbocycles.